The average Bonchev–Trinajstić information content (AvgIpc) is 0.983. The molecule has 0 aromatic heterocycles. The molecule has 36 heteroatoms. The lowest BCUT2D eigenvalue weighted by Gasteiger charge is -2.28. The van der Waals surface area contributed by atoms with Crippen LogP contribution in [0.3, 0.4) is 0 Å². The summed E-state index contributed by atoms with van der Waals surface area (Å²) in [6, 6.07) is -2.12. The van der Waals surface area contributed by atoms with Crippen LogP contribution >= 0.6 is 37.0 Å². The first-order valence-electron chi connectivity index (χ1n) is 31.6. The smallest absolute Gasteiger partial charge is 0.305 e. The van der Waals surface area contributed by atoms with Gasteiger partial charge in [0.2, 0.25) is 65.0 Å². The SMILES string of the molecule is C/C(=N/O)C(C)(C)NCCC(CCNC(=O)CCCC(=O)NCCCC[C@@H]1NC(=O)CSC[C@@H](C(N)=O)NC(=O)[C@H](Cc2ccccc2)NC(=O)C(CS)NC(=O)[C@H](CC(=O)O)NC(=O)CNC(=O)[C@H](CCCN=C(N)N)NC(=O)[C@H](CS)NC1=O)CCNC(C)(C)/C(C)=N\O. The highest BCUT2D eigenvalue weighted by Crippen LogP contribution is 2.17. The number of aliphatic imine (C=N–C) groups is 1. The highest BCUT2D eigenvalue weighted by Gasteiger charge is 2.34. The molecular weight excluding hydrogens is 1310 g/mol. The monoisotopic (exact) mass is 1410 g/mol. The lowest BCUT2D eigenvalue weighted by Crippen LogP contribution is -2.60. The van der Waals surface area contributed by atoms with Crippen molar-refractivity contribution in [2.75, 3.05) is 62.3 Å². The number of amides is 11. The van der Waals surface area contributed by atoms with Crippen molar-refractivity contribution in [1.29, 1.82) is 0 Å². The molecule has 0 saturated carbocycles. The van der Waals surface area contributed by atoms with Gasteiger partial charge in [-0.1, -0.05) is 40.6 Å². The number of carbonyl (C=O) groups is 12. The number of unbranched alkanes of at least 4 members (excludes halogenated alkanes) is 1. The molecule has 1 heterocycles. The zero-order valence-electron chi connectivity index (χ0n) is 55.4. The summed E-state index contributed by atoms with van der Waals surface area (Å²) < 4.78 is 0. The molecule has 1 aliphatic heterocycles. The van der Waals surface area contributed by atoms with Crippen LogP contribution in [0.2, 0.25) is 0 Å². The van der Waals surface area contributed by atoms with Crippen LogP contribution in [-0.2, 0) is 64.0 Å². The van der Waals surface area contributed by atoms with Gasteiger partial charge in [0.25, 0.3) is 0 Å². The first kappa shape index (κ1) is 84.1. The minimum Gasteiger partial charge on any atom is -0.481 e. The maximum atomic E-state index is 14.1. The maximum Gasteiger partial charge on any atom is 0.305 e. The van der Waals surface area contributed by atoms with Gasteiger partial charge in [0, 0.05) is 56.2 Å². The van der Waals surface area contributed by atoms with Crippen molar-refractivity contribution in [3.63, 3.8) is 0 Å². The number of hydrogen-bond donors (Lipinski definition) is 20. The summed E-state index contributed by atoms with van der Waals surface area (Å²) in [7, 11) is 0. The fourth-order valence-corrected chi connectivity index (χ4v) is 10.7. The normalized spacial score (nSPS) is 21.0. The molecule has 0 spiro atoms. The Morgan fingerprint density at radius 3 is 1.61 bits per heavy atom. The Kier molecular flexibility index (Phi) is 39.2. The lowest BCUT2D eigenvalue weighted by molar-refractivity contribution is -0.141. The van der Waals surface area contributed by atoms with Crippen molar-refractivity contribution in [3.05, 3.63) is 35.9 Å². The Morgan fingerprint density at radius 1 is 0.604 bits per heavy atom. The molecule has 1 unspecified atom stereocenters. The number of nitrogens with zero attached hydrogens (tertiary/aromatic N) is 3. The van der Waals surface area contributed by atoms with Crippen LogP contribution in [0.1, 0.15) is 124 Å². The van der Waals surface area contributed by atoms with Gasteiger partial charge in [0.15, 0.2) is 5.96 Å². The Labute approximate surface area is 574 Å². The fourth-order valence-electron chi connectivity index (χ4n) is 9.29. The van der Waals surface area contributed by atoms with Crippen LogP contribution in [0.25, 0.3) is 0 Å². The van der Waals surface area contributed by atoms with Gasteiger partial charge in [-0.3, -0.25) is 62.5 Å². The molecule has 0 aliphatic carbocycles. The van der Waals surface area contributed by atoms with Crippen LogP contribution in [0.15, 0.2) is 45.6 Å². The summed E-state index contributed by atoms with van der Waals surface area (Å²) in [6.45, 7) is 12.0. The van der Waals surface area contributed by atoms with E-state index in [2.05, 4.69) is 104 Å². The van der Waals surface area contributed by atoms with Crippen molar-refractivity contribution >= 4 is 125 Å². The van der Waals surface area contributed by atoms with E-state index in [9.17, 15) is 73.1 Å². The van der Waals surface area contributed by atoms with Gasteiger partial charge in [-0.15, -0.1) is 11.8 Å². The van der Waals surface area contributed by atoms with Crippen LogP contribution in [0.5, 0.6) is 0 Å². The molecular formula is C60H100N18O15S3. The van der Waals surface area contributed by atoms with Gasteiger partial charge in [-0.2, -0.15) is 25.3 Å². The highest BCUT2D eigenvalue weighted by molar-refractivity contribution is 8.00. The number of guanidine groups is 1. The lowest BCUT2D eigenvalue weighted by atomic mass is 9.94. The maximum absolute atomic E-state index is 14.1. The third kappa shape index (κ3) is 33.6. The average molecular weight is 1410 g/mol. The third-order valence-corrected chi connectivity index (χ3v) is 17.4. The molecule has 2 rings (SSSR count). The first-order chi connectivity index (χ1) is 45.4. The number of thioether (sulfide) groups is 1. The van der Waals surface area contributed by atoms with Gasteiger partial charge in [0.05, 0.1) is 41.2 Å². The van der Waals surface area contributed by atoms with E-state index in [0.29, 0.717) is 49.5 Å². The summed E-state index contributed by atoms with van der Waals surface area (Å²) in [4.78, 5) is 165. The Morgan fingerprint density at radius 2 is 1.08 bits per heavy atom. The van der Waals surface area contributed by atoms with E-state index in [1.807, 2.05) is 27.7 Å². The molecule has 11 amide bonds. The quantitative estimate of drug-likeness (QED) is 0.00841. The van der Waals surface area contributed by atoms with Gasteiger partial charge in [-0.25, -0.2) is 0 Å². The topological polar surface area (TPSA) is 525 Å². The van der Waals surface area contributed by atoms with E-state index in [1.54, 1.807) is 44.2 Å². The molecule has 96 heavy (non-hydrogen) atoms. The summed E-state index contributed by atoms with van der Waals surface area (Å²) in [5.41, 5.74) is 17.2. The number of aliphatic carboxylic acids is 1. The van der Waals surface area contributed by atoms with Crippen molar-refractivity contribution < 1.29 is 73.1 Å². The van der Waals surface area contributed by atoms with E-state index in [4.69, 9.17) is 17.2 Å². The van der Waals surface area contributed by atoms with E-state index in [0.717, 1.165) is 24.6 Å². The van der Waals surface area contributed by atoms with E-state index >= 15 is 0 Å². The summed E-state index contributed by atoms with van der Waals surface area (Å²) in [5, 5.41) is 67.1. The van der Waals surface area contributed by atoms with E-state index in [1.165, 1.54) is 0 Å². The molecule has 0 radical (unpaired) electrons. The standard InChI is InChI=1S/C60H100N18O15S3/c1-35(77-92)59(3,4)68-26-21-37(22-27-69-60(5,6)36(2)78-93)20-25-65-47(80)19-12-18-46(79)64-23-11-10-16-40-53(87)74-43(31-94)56(90)72-39(17-13-24-66-58(62)63)52(86)67-30-48(81)71-42(29-50(83)84)55(89)75-44(32-95)57(91)73-41(28-38-14-8-7-9-15-38)54(88)76-45(51(61)85)33-96-34-49(82)70-40/h7-9,14-15,37,39-45,68-69,92-95H,10-13,16-34H2,1-6H3,(H2,61,85)(H,64,79)(H,65,80)(H,67,86)(H,70,82)(H,71,81)(H,72,90)(H,73,91)(H,74,87)(H,75,89)(H,76,88)(H,83,84)(H4,62,63,66)/b77-35-,78-36-/t39-,40-,41-,42-,43-,44?,45-/m0/s1. The molecule has 1 aliphatic rings. The third-order valence-electron chi connectivity index (χ3n) is 15.7. The summed E-state index contributed by atoms with van der Waals surface area (Å²) in [5.74, 6) is -12.3. The molecule has 0 bridgehead atoms. The fraction of sp³-hybridized carbons (Fsp3) is 0.650. The number of primary amides is 1. The summed E-state index contributed by atoms with van der Waals surface area (Å²) in [6.07, 6.45) is 1.79. The van der Waals surface area contributed by atoms with Gasteiger partial charge >= 0.3 is 5.97 Å². The molecule has 1 aromatic carbocycles. The Hall–Kier alpha value is -7.96. The molecule has 1 saturated heterocycles. The number of carboxylic acids is 1. The van der Waals surface area contributed by atoms with Gasteiger partial charge < -0.3 is 96.5 Å². The molecule has 538 valence electrons. The molecule has 21 N–H and O–H groups in total. The highest BCUT2D eigenvalue weighted by atomic mass is 32.2. The van der Waals surface area contributed by atoms with Crippen LogP contribution in [0.4, 0.5) is 0 Å². The number of thiol groups is 2. The number of carbonyl (C=O) groups excluding carboxylic acids is 11. The number of rotatable bonds is 33. The molecule has 7 atom stereocenters. The van der Waals surface area contributed by atoms with E-state index < -0.39 is 137 Å². The minimum atomic E-state index is -1.83. The largest absolute Gasteiger partial charge is 0.481 e. The van der Waals surface area contributed by atoms with E-state index in [-0.39, 0.29) is 99.7 Å². The van der Waals surface area contributed by atoms with Crippen molar-refractivity contribution in [1.82, 2.24) is 63.8 Å². The molecule has 1 fully saturated rings. The minimum absolute atomic E-state index is 0.00626. The van der Waals surface area contributed by atoms with Crippen LogP contribution in [-0.4, -0.2) is 220 Å². The predicted octanol–water partition coefficient (Wildman–Crippen LogP) is -2.85. The number of nitrogens with two attached hydrogens (primary N) is 3. The zero-order valence-corrected chi connectivity index (χ0v) is 58.0. The second-order valence-corrected chi connectivity index (χ2v) is 25.8. The van der Waals surface area contributed by atoms with Crippen molar-refractivity contribution in [2.24, 2.45) is 38.4 Å². The van der Waals surface area contributed by atoms with Crippen LogP contribution < -0.4 is 81.0 Å². The number of benzene rings is 1. The first-order valence-corrected chi connectivity index (χ1v) is 34.0. The summed E-state index contributed by atoms with van der Waals surface area (Å²) >= 11 is 9.30. The second kappa shape index (κ2) is 44.7. The van der Waals surface area contributed by atoms with Crippen LogP contribution in [0, 0.1) is 5.92 Å². The second-order valence-electron chi connectivity index (χ2n) is 24.0. The molecule has 33 nitrogen and oxygen atoms in total. The van der Waals surface area contributed by atoms with Crippen molar-refractivity contribution in [3.8, 4) is 0 Å². The van der Waals surface area contributed by atoms with Crippen molar-refractivity contribution in [2.45, 2.75) is 178 Å². The number of nitrogens with one attached hydrogen (secondary N) is 12. The number of carboxylic acid groups (broad SMARTS) is 1. The predicted molar refractivity (Wildman–Crippen MR) is 368 cm³/mol. The number of oxime groups is 2. The zero-order chi connectivity index (χ0) is 72.0. The van der Waals surface area contributed by atoms with Gasteiger partial charge in [-0.05, 0) is 124 Å². The number of hydrogen-bond acceptors (Lipinski definition) is 22. The Bertz CT molecular complexity index is 2810. The Balaban J connectivity index is 2.32. The molecule has 1 aromatic rings. The van der Waals surface area contributed by atoms with Gasteiger partial charge in [0.1, 0.15) is 42.3 Å².